The molecule has 2 fully saturated rings. The summed E-state index contributed by atoms with van der Waals surface area (Å²) in [5.41, 5.74) is -5.05. The Morgan fingerprint density at radius 3 is 2.44 bits per heavy atom. The van der Waals surface area contributed by atoms with Gasteiger partial charge in [-0.3, -0.25) is 4.18 Å². The number of methoxy groups -OCH3 is 1. The van der Waals surface area contributed by atoms with E-state index in [0.29, 0.717) is 5.56 Å². The molecule has 0 aliphatic carbocycles. The first kappa shape index (κ1) is 20.5. The molecule has 2 saturated heterocycles. The van der Waals surface area contributed by atoms with Crippen molar-refractivity contribution >= 4 is 10.1 Å². The molecule has 152 valence electrons. The van der Waals surface area contributed by atoms with E-state index in [9.17, 15) is 26.7 Å². The number of ether oxygens (including phenoxy) is 4. The van der Waals surface area contributed by atoms with Crippen LogP contribution in [0.25, 0.3) is 0 Å². The molecule has 0 aromatic heterocycles. The van der Waals surface area contributed by atoms with Crippen LogP contribution in [-0.2, 0) is 33.2 Å². The Morgan fingerprint density at radius 2 is 1.85 bits per heavy atom. The van der Waals surface area contributed by atoms with Gasteiger partial charge < -0.3 is 24.1 Å². The lowest BCUT2D eigenvalue weighted by Crippen LogP contribution is -2.63. The Balaban J connectivity index is 1.81. The number of aliphatic hydroxyl groups is 1. The van der Waals surface area contributed by atoms with Crippen molar-refractivity contribution in [3.8, 4) is 0 Å². The first-order valence-corrected chi connectivity index (χ1v) is 9.23. The van der Waals surface area contributed by atoms with Crippen LogP contribution in [0.15, 0.2) is 30.3 Å². The Bertz CT molecular complexity index is 741. The van der Waals surface area contributed by atoms with Crippen LogP contribution in [0.1, 0.15) is 11.9 Å². The van der Waals surface area contributed by atoms with Gasteiger partial charge in [-0.05, 0) is 0 Å². The highest BCUT2D eigenvalue weighted by molar-refractivity contribution is 7.87. The number of halogens is 3. The van der Waals surface area contributed by atoms with Gasteiger partial charge in [0, 0.05) is 12.7 Å². The van der Waals surface area contributed by atoms with Crippen molar-refractivity contribution in [2.24, 2.45) is 0 Å². The number of hydrogen-bond donors (Lipinski definition) is 1. The first-order chi connectivity index (χ1) is 12.6. The van der Waals surface area contributed by atoms with Gasteiger partial charge in [-0.15, -0.1) is 0 Å². The number of benzene rings is 1. The van der Waals surface area contributed by atoms with Crippen LogP contribution in [0.4, 0.5) is 13.2 Å². The minimum atomic E-state index is -5.98. The molecule has 12 heteroatoms. The highest BCUT2D eigenvalue weighted by atomic mass is 32.2. The van der Waals surface area contributed by atoms with Gasteiger partial charge in [-0.25, -0.2) is 0 Å². The number of rotatable bonds is 4. The van der Waals surface area contributed by atoms with Crippen molar-refractivity contribution < 1.29 is 49.8 Å². The van der Waals surface area contributed by atoms with Crippen LogP contribution in [-0.4, -0.2) is 63.5 Å². The van der Waals surface area contributed by atoms with Crippen molar-refractivity contribution in [1.29, 1.82) is 0 Å². The third-order valence-corrected chi connectivity index (χ3v) is 5.18. The Morgan fingerprint density at radius 1 is 1.19 bits per heavy atom. The van der Waals surface area contributed by atoms with Crippen molar-refractivity contribution in [1.82, 2.24) is 0 Å². The number of fused-ring (bicyclic) bond motifs is 1. The van der Waals surface area contributed by atoms with Crippen LogP contribution < -0.4 is 0 Å². The summed E-state index contributed by atoms with van der Waals surface area (Å²) in [6.45, 7) is -0.0557. The zero-order valence-corrected chi connectivity index (χ0v) is 14.7. The number of alkyl halides is 3. The largest absolute Gasteiger partial charge is 0.523 e. The van der Waals surface area contributed by atoms with Gasteiger partial charge in [0.05, 0.1) is 6.61 Å². The molecule has 27 heavy (non-hydrogen) atoms. The van der Waals surface area contributed by atoms with Gasteiger partial charge in [0.25, 0.3) is 0 Å². The molecule has 1 aromatic rings. The highest BCUT2D eigenvalue weighted by Gasteiger charge is 2.56. The normalized spacial score (nSPS) is 34.9. The minimum Gasteiger partial charge on any atom is -0.387 e. The molecule has 2 aliphatic heterocycles. The van der Waals surface area contributed by atoms with E-state index >= 15 is 0 Å². The fourth-order valence-corrected chi connectivity index (χ4v) is 3.45. The van der Waals surface area contributed by atoms with E-state index in [1.807, 2.05) is 0 Å². The average molecular weight is 414 g/mol. The van der Waals surface area contributed by atoms with E-state index in [4.69, 9.17) is 18.9 Å². The Hall–Kier alpha value is -1.28. The predicted molar refractivity (Wildman–Crippen MR) is 81.5 cm³/mol. The second kappa shape index (κ2) is 7.62. The minimum absolute atomic E-state index is 0.0557. The smallest absolute Gasteiger partial charge is 0.387 e. The van der Waals surface area contributed by atoms with Gasteiger partial charge in [0.1, 0.15) is 18.3 Å². The molecule has 0 spiro atoms. The quantitative estimate of drug-likeness (QED) is 0.577. The monoisotopic (exact) mass is 414 g/mol. The first-order valence-electron chi connectivity index (χ1n) is 7.82. The number of hydrogen-bond acceptors (Lipinski definition) is 8. The van der Waals surface area contributed by atoms with Gasteiger partial charge in [0.2, 0.25) is 0 Å². The molecule has 1 N–H and O–H groups in total. The third kappa shape index (κ3) is 4.11. The lowest BCUT2D eigenvalue weighted by Gasteiger charge is -2.46. The fraction of sp³-hybridized carbons (Fsp3) is 0.600. The maximum Gasteiger partial charge on any atom is 0.523 e. The molecular weight excluding hydrogens is 397 g/mol. The zero-order valence-electron chi connectivity index (χ0n) is 13.9. The number of aliphatic hydroxyl groups excluding tert-OH is 1. The molecule has 1 aromatic carbocycles. The Kier molecular flexibility index (Phi) is 5.77. The fourth-order valence-electron chi connectivity index (χ4n) is 2.84. The SMILES string of the molecule is CO[C@@H]1O[C@@H]2COC(c3ccccc3)O[C@H]2[C@H](O)[C@H]1OS(=O)(=O)C(F)(F)F. The standard InChI is InChI=1S/C15H17F3O8S/c1-22-14-12(26-27(20,21)15(16,17)18)10(19)11-9(24-14)7-23-13(25-11)8-5-3-2-4-6-8/h2-6,9-14,19H,7H2,1H3/t9-,10+,11-,12-,13?,14-/m1/s1. The predicted octanol–water partition coefficient (Wildman–Crippen LogP) is 1.07. The molecule has 0 saturated carbocycles. The lowest BCUT2D eigenvalue weighted by atomic mass is 9.98. The van der Waals surface area contributed by atoms with E-state index in [0.717, 1.165) is 7.11 Å². The second-order valence-corrected chi connectivity index (χ2v) is 7.47. The Labute approximate surface area is 152 Å². The van der Waals surface area contributed by atoms with Crippen LogP contribution in [0, 0.1) is 0 Å². The summed E-state index contributed by atoms with van der Waals surface area (Å²) >= 11 is 0. The van der Waals surface area contributed by atoms with Crippen molar-refractivity contribution in [3.05, 3.63) is 35.9 Å². The third-order valence-electron chi connectivity index (χ3n) is 4.13. The molecule has 0 radical (unpaired) electrons. The lowest BCUT2D eigenvalue weighted by molar-refractivity contribution is -0.355. The summed E-state index contributed by atoms with van der Waals surface area (Å²) < 4.78 is 86.1. The molecule has 0 amide bonds. The molecule has 2 heterocycles. The molecule has 6 atom stereocenters. The van der Waals surface area contributed by atoms with Gasteiger partial charge in [0.15, 0.2) is 18.7 Å². The highest BCUT2D eigenvalue weighted by Crippen LogP contribution is 2.37. The summed E-state index contributed by atoms with van der Waals surface area (Å²) in [6.07, 6.45) is -8.32. The van der Waals surface area contributed by atoms with Gasteiger partial charge in [-0.2, -0.15) is 21.6 Å². The van der Waals surface area contributed by atoms with E-state index in [1.165, 1.54) is 0 Å². The summed E-state index contributed by atoms with van der Waals surface area (Å²) in [6, 6.07) is 8.61. The van der Waals surface area contributed by atoms with Gasteiger partial charge in [-0.1, -0.05) is 30.3 Å². The molecule has 2 aliphatic rings. The van der Waals surface area contributed by atoms with E-state index in [-0.39, 0.29) is 6.61 Å². The summed E-state index contributed by atoms with van der Waals surface area (Å²) in [5.74, 6) is 0. The summed E-state index contributed by atoms with van der Waals surface area (Å²) in [4.78, 5) is 0. The molecular formula is C15H17F3O8S. The van der Waals surface area contributed by atoms with Gasteiger partial charge >= 0.3 is 15.6 Å². The van der Waals surface area contributed by atoms with Crippen LogP contribution in [0.3, 0.4) is 0 Å². The van der Waals surface area contributed by atoms with E-state index < -0.39 is 52.6 Å². The summed E-state index contributed by atoms with van der Waals surface area (Å²) in [5, 5.41) is 10.5. The molecule has 0 bridgehead atoms. The van der Waals surface area contributed by atoms with Crippen molar-refractivity contribution in [3.63, 3.8) is 0 Å². The topological polar surface area (TPSA) is 101 Å². The second-order valence-electron chi connectivity index (χ2n) is 5.91. The summed E-state index contributed by atoms with van der Waals surface area (Å²) in [7, 11) is -4.91. The van der Waals surface area contributed by atoms with Crippen LogP contribution in [0.5, 0.6) is 0 Å². The van der Waals surface area contributed by atoms with Crippen LogP contribution in [0.2, 0.25) is 0 Å². The average Bonchev–Trinajstić information content (AvgIpc) is 2.63. The zero-order chi connectivity index (χ0) is 19.8. The van der Waals surface area contributed by atoms with Crippen molar-refractivity contribution in [2.75, 3.05) is 13.7 Å². The maximum atomic E-state index is 12.6. The molecule has 8 nitrogen and oxygen atoms in total. The molecule has 3 rings (SSSR count). The van der Waals surface area contributed by atoms with E-state index in [1.54, 1.807) is 30.3 Å². The van der Waals surface area contributed by atoms with Crippen LogP contribution >= 0.6 is 0 Å². The molecule has 1 unspecified atom stereocenters. The maximum absolute atomic E-state index is 12.6. The van der Waals surface area contributed by atoms with E-state index in [2.05, 4.69) is 4.18 Å². The van der Waals surface area contributed by atoms with Crippen molar-refractivity contribution in [2.45, 2.75) is 42.5 Å².